The summed E-state index contributed by atoms with van der Waals surface area (Å²) in [6.07, 6.45) is 5.01. The molecular formula is C15H22ClN. The fraction of sp³-hybridized carbons (Fsp3) is 0.600. The lowest BCUT2D eigenvalue weighted by Crippen LogP contribution is -2.31. The molecule has 1 aliphatic carbocycles. The van der Waals surface area contributed by atoms with Crippen LogP contribution in [0.4, 0.5) is 0 Å². The fourth-order valence-electron chi connectivity index (χ4n) is 3.07. The molecule has 1 aliphatic rings. The number of benzene rings is 1. The third kappa shape index (κ3) is 3.23. The number of hydrogen-bond acceptors (Lipinski definition) is 1. The zero-order valence-electron chi connectivity index (χ0n) is 10.5. The average molecular weight is 252 g/mol. The Morgan fingerprint density at radius 3 is 2.71 bits per heavy atom. The summed E-state index contributed by atoms with van der Waals surface area (Å²) in [5.74, 6) is 2.23. The predicted molar refractivity (Wildman–Crippen MR) is 74.2 cm³/mol. The minimum atomic E-state index is 0.683. The molecule has 2 rings (SSSR count). The molecule has 1 nitrogen and oxygen atoms in total. The maximum Gasteiger partial charge on any atom is 0.0438 e. The number of hydrogen-bond donors (Lipinski definition) is 1. The third-order valence-corrected chi connectivity index (χ3v) is 4.51. The molecule has 2 heteroatoms. The molecule has 3 unspecified atom stereocenters. The van der Waals surface area contributed by atoms with E-state index in [9.17, 15) is 0 Å². The van der Waals surface area contributed by atoms with E-state index in [2.05, 4.69) is 19.1 Å². The Morgan fingerprint density at radius 1 is 1.24 bits per heavy atom. The number of rotatable bonds is 3. The molecule has 0 saturated heterocycles. The van der Waals surface area contributed by atoms with Gasteiger partial charge in [-0.1, -0.05) is 43.1 Å². The standard InChI is InChI=1S/C15H22ClN/c1-11-6-7-13(10-17)14(8-11)9-12-4-2-3-5-15(12)16/h2-5,11,13-14H,6-10,17H2,1H3. The largest absolute Gasteiger partial charge is 0.330 e. The van der Waals surface area contributed by atoms with Gasteiger partial charge in [0.2, 0.25) is 0 Å². The Bertz CT molecular complexity index is 364. The normalized spacial score (nSPS) is 29.2. The summed E-state index contributed by atoms with van der Waals surface area (Å²) in [6, 6.07) is 8.20. The molecule has 0 aromatic heterocycles. The first-order valence-corrected chi connectivity index (χ1v) is 7.02. The van der Waals surface area contributed by atoms with Crippen molar-refractivity contribution in [2.75, 3.05) is 6.54 Å². The summed E-state index contributed by atoms with van der Waals surface area (Å²) in [4.78, 5) is 0. The Hall–Kier alpha value is -0.530. The van der Waals surface area contributed by atoms with Gasteiger partial charge in [0.25, 0.3) is 0 Å². The second-order valence-corrected chi connectivity index (χ2v) is 5.88. The van der Waals surface area contributed by atoms with Gasteiger partial charge in [0, 0.05) is 5.02 Å². The molecule has 1 fully saturated rings. The average Bonchev–Trinajstić information content (AvgIpc) is 2.32. The van der Waals surface area contributed by atoms with Gasteiger partial charge in [-0.25, -0.2) is 0 Å². The lowest BCUT2D eigenvalue weighted by molar-refractivity contribution is 0.193. The van der Waals surface area contributed by atoms with Crippen LogP contribution in [0.25, 0.3) is 0 Å². The van der Waals surface area contributed by atoms with Gasteiger partial charge in [-0.05, 0) is 55.2 Å². The molecule has 1 saturated carbocycles. The Balaban J connectivity index is 2.07. The van der Waals surface area contributed by atoms with Crippen LogP contribution in [0.2, 0.25) is 5.02 Å². The maximum absolute atomic E-state index is 6.24. The molecular weight excluding hydrogens is 230 g/mol. The smallest absolute Gasteiger partial charge is 0.0438 e. The molecule has 94 valence electrons. The van der Waals surface area contributed by atoms with Crippen LogP contribution in [0.5, 0.6) is 0 Å². The molecule has 0 spiro atoms. The van der Waals surface area contributed by atoms with E-state index in [4.69, 9.17) is 17.3 Å². The summed E-state index contributed by atoms with van der Waals surface area (Å²) in [7, 11) is 0. The van der Waals surface area contributed by atoms with Crippen molar-refractivity contribution in [2.24, 2.45) is 23.5 Å². The van der Waals surface area contributed by atoms with E-state index < -0.39 is 0 Å². The predicted octanol–water partition coefficient (Wildman–Crippen LogP) is 3.89. The van der Waals surface area contributed by atoms with Crippen LogP contribution in [-0.4, -0.2) is 6.54 Å². The van der Waals surface area contributed by atoms with E-state index in [1.54, 1.807) is 0 Å². The minimum Gasteiger partial charge on any atom is -0.330 e. The van der Waals surface area contributed by atoms with E-state index in [-0.39, 0.29) is 0 Å². The summed E-state index contributed by atoms with van der Waals surface area (Å²) in [5.41, 5.74) is 7.18. The van der Waals surface area contributed by atoms with Crippen molar-refractivity contribution in [3.8, 4) is 0 Å². The molecule has 3 atom stereocenters. The highest BCUT2D eigenvalue weighted by Gasteiger charge is 2.28. The molecule has 0 aliphatic heterocycles. The van der Waals surface area contributed by atoms with Crippen LogP contribution in [0.1, 0.15) is 31.7 Å². The first-order valence-electron chi connectivity index (χ1n) is 6.64. The highest BCUT2D eigenvalue weighted by Crippen LogP contribution is 2.36. The quantitative estimate of drug-likeness (QED) is 0.867. The van der Waals surface area contributed by atoms with E-state index in [1.165, 1.54) is 24.8 Å². The van der Waals surface area contributed by atoms with Crippen molar-refractivity contribution in [1.29, 1.82) is 0 Å². The lowest BCUT2D eigenvalue weighted by atomic mass is 9.72. The first kappa shape index (κ1) is 12.9. The SMILES string of the molecule is CC1CCC(CN)C(Cc2ccccc2Cl)C1. The van der Waals surface area contributed by atoms with E-state index in [0.29, 0.717) is 11.8 Å². The van der Waals surface area contributed by atoms with Gasteiger partial charge < -0.3 is 5.73 Å². The molecule has 0 radical (unpaired) electrons. The molecule has 0 bridgehead atoms. The van der Waals surface area contributed by atoms with Crippen molar-refractivity contribution in [2.45, 2.75) is 32.6 Å². The Morgan fingerprint density at radius 2 is 2.00 bits per heavy atom. The number of nitrogens with two attached hydrogens (primary N) is 1. The molecule has 1 aromatic carbocycles. The van der Waals surface area contributed by atoms with Crippen molar-refractivity contribution in [3.63, 3.8) is 0 Å². The summed E-state index contributed by atoms with van der Waals surface area (Å²) < 4.78 is 0. The van der Waals surface area contributed by atoms with E-state index >= 15 is 0 Å². The second-order valence-electron chi connectivity index (χ2n) is 5.47. The van der Waals surface area contributed by atoms with Gasteiger partial charge in [0.15, 0.2) is 0 Å². The maximum atomic E-state index is 6.24. The highest BCUT2D eigenvalue weighted by molar-refractivity contribution is 6.31. The van der Waals surface area contributed by atoms with Gasteiger partial charge in [-0.2, -0.15) is 0 Å². The van der Waals surface area contributed by atoms with Crippen LogP contribution < -0.4 is 5.73 Å². The minimum absolute atomic E-state index is 0.683. The van der Waals surface area contributed by atoms with Crippen molar-refractivity contribution in [1.82, 2.24) is 0 Å². The highest BCUT2D eigenvalue weighted by atomic mass is 35.5. The fourth-order valence-corrected chi connectivity index (χ4v) is 3.28. The van der Waals surface area contributed by atoms with Crippen molar-refractivity contribution < 1.29 is 0 Å². The summed E-state index contributed by atoms with van der Waals surface area (Å²) in [5, 5.41) is 0.904. The monoisotopic (exact) mass is 251 g/mol. The molecule has 17 heavy (non-hydrogen) atoms. The zero-order chi connectivity index (χ0) is 12.3. The molecule has 1 aromatic rings. The zero-order valence-corrected chi connectivity index (χ0v) is 11.3. The van der Waals surface area contributed by atoms with Crippen LogP contribution in [0, 0.1) is 17.8 Å². The molecule has 2 N–H and O–H groups in total. The topological polar surface area (TPSA) is 26.0 Å². The van der Waals surface area contributed by atoms with Crippen LogP contribution in [0.3, 0.4) is 0 Å². The summed E-state index contributed by atoms with van der Waals surface area (Å²) >= 11 is 6.24. The first-order chi connectivity index (χ1) is 8.20. The van der Waals surface area contributed by atoms with Crippen LogP contribution >= 0.6 is 11.6 Å². The van der Waals surface area contributed by atoms with Crippen molar-refractivity contribution in [3.05, 3.63) is 34.9 Å². The van der Waals surface area contributed by atoms with Crippen LogP contribution in [-0.2, 0) is 6.42 Å². The molecule has 0 heterocycles. The van der Waals surface area contributed by atoms with Gasteiger partial charge in [-0.3, -0.25) is 0 Å². The second kappa shape index (κ2) is 5.88. The van der Waals surface area contributed by atoms with Gasteiger partial charge in [-0.15, -0.1) is 0 Å². The lowest BCUT2D eigenvalue weighted by Gasteiger charge is -2.34. The third-order valence-electron chi connectivity index (χ3n) is 4.14. The summed E-state index contributed by atoms with van der Waals surface area (Å²) in [6.45, 7) is 3.17. The van der Waals surface area contributed by atoms with Crippen molar-refractivity contribution >= 4 is 11.6 Å². The van der Waals surface area contributed by atoms with Gasteiger partial charge >= 0.3 is 0 Å². The van der Waals surface area contributed by atoms with Gasteiger partial charge in [0.1, 0.15) is 0 Å². The van der Waals surface area contributed by atoms with Gasteiger partial charge in [0.05, 0.1) is 0 Å². The van der Waals surface area contributed by atoms with E-state index in [1.807, 2.05) is 12.1 Å². The Kier molecular flexibility index (Phi) is 4.47. The van der Waals surface area contributed by atoms with E-state index in [0.717, 1.165) is 23.9 Å². The Labute approximate surface area is 109 Å². The molecule has 0 amide bonds. The number of halogens is 1. The van der Waals surface area contributed by atoms with Crippen LogP contribution in [0.15, 0.2) is 24.3 Å².